The molecular formula is C35H44Cl4O10. The topological polar surface area (TPSA) is 108 Å². The highest BCUT2D eigenvalue weighted by Crippen LogP contribution is 2.44. The summed E-state index contributed by atoms with van der Waals surface area (Å²) in [5.41, 5.74) is 0.957. The zero-order valence-corrected chi connectivity index (χ0v) is 32.1. The van der Waals surface area contributed by atoms with Crippen LogP contribution in [0, 0.1) is 0 Å². The Morgan fingerprint density at radius 3 is 1.08 bits per heavy atom. The van der Waals surface area contributed by atoms with Gasteiger partial charge in [0.05, 0.1) is 46.5 Å². The fourth-order valence-corrected chi connectivity index (χ4v) is 5.56. The number of carbonyl (C=O) groups excluding carboxylic acids is 2. The molecular weight excluding hydrogens is 722 g/mol. The van der Waals surface area contributed by atoms with Crippen LogP contribution in [0.5, 0.6) is 11.5 Å². The third-order valence-corrected chi connectivity index (χ3v) is 8.00. The third-order valence-electron chi connectivity index (χ3n) is 6.88. The van der Waals surface area contributed by atoms with E-state index in [1.807, 2.05) is 13.8 Å². The van der Waals surface area contributed by atoms with Crippen molar-refractivity contribution >= 4 is 58.3 Å². The van der Waals surface area contributed by atoms with Crippen molar-refractivity contribution in [2.45, 2.75) is 72.8 Å². The molecule has 0 radical (unpaired) electrons. The highest BCUT2D eigenvalue weighted by atomic mass is 35.5. The smallest absolute Gasteiger partial charge is 0.365 e. The number of benzene rings is 2. The Bertz CT molecular complexity index is 1340. The molecule has 0 aliphatic heterocycles. The van der Waals surface area contributed by atoms with Crippen molar-refractivity contribution < 1.29 is 47.5 Å². The van der Waals surface area contributed by atoms with E-state index in [4.69, 9.17) is 84.3 Å². The molecule has 0 heterocycles. The fraction of sp³-hybridized carbons (Fsp3) is 0.486. The van der Waals surface area contributed by atoms with Crippen LogP contribution >= 0.6 is 46.4 Å². The number of carbonyl (C=O) groups is 2. The monoisotopic (exact) mass is 764 g/mol. The molecule has 0 aromatic heterocycles. The number of hydrogen-bond acceptors (Lipinski definition) is 10. The molecule has 0 aliphatic carbocycles. The zero-order valence-electron chi connectivity index (χ0n) is 29.1. The molecule has 0 spiro atoms. The summed E-state index contributed by atoms with van der Waals surface area (Å²) < 4.78 is 45.4. The maximum atomic E-state index is 12.4. The molecule has 2 aromatic rings. The summed E-state index contributed by atoms with van der Waals surface area (Å²) in [4.78, 5) is 24.7. The lowest BCUT2D eigenvalue weighted by molar-refractivity contribution is -0.368. The predicted molar refractivity (Wildman–Crippen MR) is 190 cm³/mol. The van der Waals surface area contributed by atoms with E-state index in [9.17, 15) is 9.59 Å². The molecule has 2 rings (SSSR count). The Balaban J connectivity index is 2.40. The lowest BCUT2D eigenvalue weighted by Crippen LogP contribution is -2.46. The van der Waals surface area contributed by atoms with Gasteiger partial charge in [0, 0.05) is 16.6 Å². The van der Waals surface area contributed by atoms with Crippen LogP contribution in [0.1, 0.15) is 66.5 Å². The summed E-state index contributed by atoms with van der Waals surface area (Å²) in [5, 5.41) is 0.698. The first-order chi connectivity index (χ1) is 22.9. The van der Waals surface area contributed by atoms with Crippen molar-refractivity contribution in [3.8, 4) is 11.5 Å². The Hall–Kier alpha value is -2.54. The van der Waals surface area contributed by atoms with Gasteiger partial charge in [-0.1, -0.05) is 73.4 Å². The molecule has 0 saturated carbocycles. The lowest BCUT2D eigenvalue weighted by atomic mass is 9.78. The summed E-state index contributed by atoms with van der Waals surface area (Å²) >= 11 is 26.8. The van der Waals surface area contributed by atoms with Crippen LogP contribution in [-0.4, -0.2) is 63.5 Å². The van der Waals surface area contributed by atoms with Crippen molar-refractivity contribution in [2.24, 2.45) is 0 Å². The molecule has 0 unspecified atom stereocenters. The molecule has 0 saturated heterocycles. The normalized spacial score (nSPS) is 12.0. The van der Waals surface area contributed by atoms with Crippen LogP contribution in [0.4, 0.5) is 0 Å². The highest BCUT2D eigenvalue weighted by molar-refractivity contribution is 6.38. The van der Waals surface area contributed by atoms with E-state index in [1.54, 1.807) is 52.0 Å². The summed E-state index contributed by atoms with van der Waals surface area (Å²) in [5.74, 6) is -4.92. The predicted octanol–water partition coefficient (Wildman–Crippen LogP) is 9.08. The molecule has 272 valence electrons. The molecule has 14 heteroatoms. The molecule has 0 amide bonds. The van der Waals surface area contributed by atoms with Gasteiger partial charge in [0.1, 0.15) is 0 Å². The first-order valence-corrected chi connectivity index (χ1v) is 17.0. The van der Waals surface area contributed by atoms with Crippen LogP contribution < -0.4 is 9.47 Å². The molecule has 2 aromatic carbocycles. The van der Waals surface area contributed by atoms with Gasteiger partial charge in [0.15, 0.2) is 24.7 Å². The molecule has 49 heavy (non-hydrogen) atoms. The second-order valence-electron chi connectivity index (χ2n) is 11.2. The summed E-state index contributed by atoms with van der Waals surface area (Å²) in [6, 6.07) is 6.75. The van der Waals surface area contributed by atoms with Gasteiger partial charge >= 0.3 is 23.9 Å². The minimum Gasteiger partial charge on any atom is -0.481 e. The summed E-state index contributed by atoms with van der Waals surface area (Å²) in [6.45, 7) is 20.8. The van der Waals surface area contributed by atoms with E-state index in [0.29, 0.717) is 11.1 Å². The van der Waals surface area contributed by atoms with Gasteiger partial charge in [-0.15, -0.1) is 0 Å². The number of rotatable bonds is 20. The zero-order chi connectivity index (χ0) is 37.2. The van der Waals surface area contributed by atoms with Crippen LogP contribution in [-0.2, 0) is 43.4 Å². The number of hydrogen-bond donors (Lipinski definition) is 0. The van der Waals surface area contributed by atoms with Crippen molar-refractivity contribution in [2.75, 3.05) is 39.6 Å². The van der Waals surface area contributed by atoms with Crippen LogP contribution in [0.3, 0.4) is 0 Å². The molecule has 0 N–H and O–H groups in total. The Labute approximate surface area is 308 Å². The van der Waals surface area contributed by atoms with E-state index in [-0.39, 0.29) is 82.4 Å². The van der Waals surface area contributed by atoms with Crippen LogP contribution in [0.2, 0.25) is 20.1 Å². The minimum absolute atomic E-state index is 0.122. The molecule has 10 nitrogen and oxygen atoms in total. The summed E-state index contributed by atoms with van der Waals surface area (Å²) in [6.07, 6.45) is 0. The second kappa shape index (κ2) is 18.6. The first-order valence-electron chi connectivity index (χ1n) is 15.5. The number of halogens is 4. The standard InChI is InChI=1S/C35H44Cl4O10/c1-11-44-34(45-12-2,48-31(40)21(5)6)19-42-29-25(36)15-23(16-26(29)37)33(9,10)24-17-27(38)30(28(39)18-24)43-20-35(46-13-3,47-14-4)49-32(41)22(7)8/h15-18H,5,7,11-14,19-20H2,1-4,6,8-10H3. The highest BCUT2D eigenvalue weighted by Gasteiger charge is 2.40. The van der Waals surface area contributed by atoms with Crippen molar-refractivity contribution in [3.63, 3.8) is 0 Å². The van der Waals surface area contributed by atoms with Crippen molar-refractivity contribution in [1.82, 2.24) is 0 Å². The van der Waals surface area contributed by atoms with Gasteiger partial charge in [0.2, 0.25) is 0 Å². The lowest BCUT2D eigenvalue weighted by Gasteiger charge is -2.32. The van der Waals surface area contributed by atoms with Gasteiger partial charge in [-0.05, 0) is 76.9 Å². The van der Waals surface area contributed by atoms with Crippen LogP contribution in [0.25, 0.3) is 0 Å². The minimum atomic E-state index is -1.86. The molecule has 0 fully saturated rings. The van der Waals surface area contributed by atoms with Crippen molar-refractivity contribution in [3.05, 3.63) is 79.8 Å². The van der Waals surface area contributed by atoms with E-state index in [1.165, 1.54) is 13.8 Å². The molecule has 0 aliphatic rings. The first kappa shape index (κ1) is 42.6. The second-order valence-corrected chi connectivity index (χ2v) is 12.8. The van der Waals surface area contributed by atoms with E-state index >= 15 is 0 Å². The van der Waals surface area contributed by atoms with Crippen molar-refractivity contribution in [1.29, 1.82) is 0 Å². The Kier molecular flexibility index (Phi) is 16.2. The maximum Gasteiger partial charge on any atom is 0.365 e. The average Bonchev–Trinajstić information content (AvgIpc) is 3.00. The quantitative estimate of drug-likeness (QED) is 0.0736. The van der Waals surface area contributed by atoms with E-state index in [2.05, 4.69) is 13.2 Å². The fourth-order valence-electron chi connectivity index (χ4n) is 4.37. The number of ether oxygens (including phenoxy) is 8. The molecule has 0 atom stereocenters. The van der Waals surface area contributed by atoms with Gasteiger partial charge < -0.3 is 37.9 Å². The van der Waals surface area contributed by atoms with Gasteiger partial charge in [-0.25, -0.2) is 9.59 Å². The summed E-state index contributed by atoms with van der Waals surface area (Å²) in [7, 11) is 0. The molecule has 0 bridgehead atoms. The largest absolute Gasteiger partial charge is 0.481 e. The maximum absolute atomic E-state index is 12.4. The van der Waals surface area contributed by atoms with Gasteiger partial charge in [0.25, 0.3) is 0 Å². The average molecular weight is 767 g/mol. The Morgan fingerprint density at radius 1 is 0.592 bits per heavy atom. The van der Waals surface area contributed by atoms with E-state index < -0.39 is 29.3 Å². The SMILES string of the molecule is C=C(C)C(=O)OC(COc1c(Cl)cc(C(C)(C)c2cc(Cl)c(OCC(OCC)(OCC)OC(=O)C(=C)C)c(Cl)c2)cc1Cl)(OCC)OCC. The van der Waals surface area contributed by atoms with E-state index in [0.717, 1.165) is 0 Å². The van der Waals surface area contributed by atoms with Crippen LogP contribution in [0.15, 0.2) is 48.6 Å². The van der Waals surface area contributed by atoms with Gasteiger partial charge in [-0.3, -0.25) is 0 Å². The number of esters is 2. The third kappa shape index (κ3) is 11.2. The van der Waals surface area contributed by atoms with Gasteiger partial charge in [-0.2, -0.15) is 0 Å². The Morgan fingerprint density at radius 2 is 0.857 bits per heavy atom.